The second kappa shape index (κ2) is 10.6. The molecule has 28 heavy (non-hydrogen) atoms. The van der Waals surface area contributed by atoms with Crippen LogP contribution in [0.1, 0.15) is 23.6 Å². The van der Waals surface area contributed by atoms with E-state index in [1.165, 1.54) is 0 Å². The summed E-state index contributed by atoms with van der Waals surface area (Å²) in [5.74, 6) is 2.32. The van der Waals surface area contributed by atoms with Gasteiger partial charge in [-0.3, -0.25) is 4.79 Å². The van der Waals surface area contributed by atoms with E-state index >= 15 is 0 Å². The highest BCUT2D eigenvalue weighted by Gasteiger charge is 2.16. The number of ether oxygens (including phenoxy) is 3. The quantitative estimate of drug-likeness (QED) is 0.680. The number of benzene rings is 2. The average Bonchev–Trinajstić information content (AvgIpc) is 2.72. The molecule has 6 heteroatoms. The molecule has 2 aromatic rings. The Kier molecular flexibility index (Phi) is 8.14. The van der Waals surface area contributed by atoms with Crippen LogP contribution in [-0.4, -0.2) is 52.8 Å². The Hall–Kier alpha value is -2.73. The van der Waals surface area contributed by atoms with E-state index in [4.69, 9.17) is 14.2 Å². The molecule has 152 valence electrons. The molecule has 1 N–H and O–H groups in total. The first kappa shape index (κ1) is 21.6. The van der Waals surface area contributed by atoms with E-state index in [0.29, 0.717) is 19.4 Å². The summed E-state index contributed by atoms with van der Waals surface area (Å²) in [5.41, 5.74) is 2.05. The topological polar surface area (TPSA) is 60.0 Å². The summed E-state index contributed by atoms with van der Waals surface area (Å²) in [6, 6.07) is 13.6. The number of carbonyl (C=O) groups is 1. The van der Waals surface area contributed by atoms with Gasteiger partial charge in [-0.2, -0.15) is 0 Å². The van der Waals surface area contributed by atoms with Crippen molar-refractivity contribution >= 4 is 5.91 Å². The predicted molar refractivity (Wildman–Crippen MR) is 110 cm³/mol. The minimum atomic E-state index is -0.000353. The summed E-state index contributed by atoms with van der Waals surface area (Å²) in [7, 11) is 8.90. The number of carbonyl (C=O) groups excluding carboxylic acids is 1. The van der Waals surface area contributed by atoms with Crippen molar-refractivity contribution in [1.29, 1.82) is 0 Å². The summed E-state index contributed by atoms with van der Waals surface area (Å²) in [6.07, 6.45) is 0.958. The maximum atomic E-state index is 12.4. The first-order valence-electron chi connectivity index (χ1n) is 9.26. The highest BCUT2D eigenvalue weighted by Crippen LogP contribution is 2.25. The first-order chi connectivity index (χ1) is 13.5. The fraction of sp³-hybridized carbons (Fsp3) is 0.409. The molecule has 0 bridgehead atoms. The molecule has 0 aliphatic rings. The van der Waals surface area contributed by atoms with Crippen molar-refractivity contribution in [2.75, 3.05) is 42.0 Å². The molecule has 0 saturated carbocycles. The second-order valence-corrected chi connectivity index (χ2v) is 6.74. The smallest absolute Gasteiger partial charge is 0.220 e. The lowest BCUT2D eigenvalue weighted by Crippen LogP contribution is -2.34. The van der Waals surface area contributed by atoms with Gasteiger partial charge in [-0.1, -0.05) is 12.1 Å². The molecule has 2 aromatic carbocycles. The Labute approximate surface area is 167 Å². The lowest BCUT2D eigenvalue weighted by molar-refractivity contribution is -0.121. The molecule has 0 saturated heterocycles. The zero-order valence-corrected chi connectivity index (χ0v) is 17.3. The van der Waals surface area contributed by atoms with Gasteiger partial charge in [0.1, 0.15) is 17.2 Å². The zero-order valence-electron chi connectivity index (χ0n) is 17.3. The molecule has 0 aliphatic heterocycles. The van der Waals surface area contributed by atoms with E-state index in [-0.39, 0.29) is 11.9 Å². The molecule has 1 amide bonds. The van der Waals surface area contributed by atoms with Crippen LogP contribution in [0.2, 0.25) is 0 Å². The molecule has 0 fully saturated rings. The van der Waals surface area contributed by atoms with Gasteiger partial charge < -0.3 is 24.4 Å². The van der Waals surface area contributed by atoms with Crippen molar-refractivity contribution < 1.29 is 19.0 Å². The fourth-order valence-corrected chi connectivity index (χ4v) is 3.07. The van der Waals surface area contributed by atoms with Gasteiger partial charge in [0.2, 0.25) is 5.91 Å². The SMILES string of the molecule is COc1cccc(C(CNC(=O)CCc2cc(OC)ccc2OC)N(C)C)c1. The molecule has 0 aromatic heterocycles. The lowest BCUT2D eigenvalue weighted by Gasteiger charge is -2.25. The third kappa shape index (κ3) is 5.89. The van der Waals surface area contributed by atoms with Crippen molar-refractivity contribution in [2.24, 2.45) is 0 Å². The van der Waals surface area contributed by atoms with Crippen LogP contribution in [-0.2, 0) is 11.2 Å². The summed E-state index contributed by atoms with van der Waals surface area (Å²) < 4.78 is 16.0. The molecule has 6 nitrogen and oxygen atoms in total. The number of rotatable bonds is 10. The number of aryl methyl sites for hydroxylation is 1. The van der Waals surface area contributed by atoms with Gasteiger partial charge in [0.05, 0.1) is 27.4 Å². The Morgan fingerprint density at radius 2 is 1.71 bits per heavy atom. The number of likely N-dealkylation sites (N-methyl/N-ethyl adjacent to an activating group) is 1. The van der Waals surface area contributed by atoms with Crippen LogP contribution in [0.5, 0.6) is 17.2 Å². The van der Waals surface area contributed by atoms with Crippen LogP contribution in [0.15, 0.2) is 42.5 Å². The Bertz CT molecular complexity index is 777. The van der Waals surface area contributed by atoms with Gasteiger partial charge in [0, 0.05) is 13.0 Å². The third-order valence-electron chi connectivity index (χ3n) is 4.70. The number of hydrogen-bond acceptors (Lipinski definition) is 5. The summed E-state index contributed by atoms with van der Waals surface area (Å²) in [4.78, 5) is 14.5. The lowest BCUT2D eigenvalue weighted by atomic mass is 10.0. The molecule has 0 aliphatic carbocycles. The van der Waals surface area contributed by atoms with Crippen LogP contribution in [0, 0.1) is 0 Å². The molecule has 1 unspecified atom stereocenters. The van der Waals surface area contributed by atoms with Gasteiger partial charge in [-0.15, -0.1) is 0 Å². The maximum absolute atomic E-state index is 12.4. The Morgan fingerprint density at radius 1 is 1.00 bits per heavy atom. The van der Waals surface area contributed by atoms with Gasteiger partial charge in [0.15, 0.2) is 0 Å². The number of nitrogens with zero attached hydrogens (tertiary/aromatic N) is 1. The zero-order chi connectivity index (χ0) is 20.5. The van der Waals surface area contributed by atoms with E-state index in [9.17, 15) is 4.79 Å². The van der Waals surface area contributed by atoms with Crippen LogP contribution < -0.4 is 19.5 Å². The van der Waals surface area contributed by atoms with Crippen molar-refractivity contribution in [3.05, 3.63) is 53.6 Å². The van der Waals surface area contributed by atoms with Crippen LogP contribution in [0.25, 0.3) is 0 Å². The van der Waals surface area contributed by atoms with E-state index in [2.05, 4.69) is 10.2 Å². The molecule has 0 radical (unpaired) electrons. The van der Waals surface area contributed by atoms with Gasteiger partial charge in [0.25, 0.3) is 0 Å². The minimum absolute atomic E-state index is 0.000353. The standard InChI is InChI=1S/C22H30N2O4/c1-24(2)20(16-7-6-8-18(13-16)26-3)15-23-22(25)12-9-17-14-19(27-4)10-11-21(17)28-5/h6-8,10-11,13-14,20H,9,12,15H2,1-5H3,(H,23,25). The Morgan fingerprint density at radius 3 is 2.36 bits per heavy atom. The summed E-state index contributed by atoms with van der Waals surface area (Å²) in [5, 5.41) is 3.04. The van der Waals surface area contributed by atoms with Crippen LogP contribution >= 0.6 is 0 Å². The Balaban J connectivity index is 1.96. The summed E-state index contributed by atoms with van der Waals surface area (Å²) >= 11 is 0. The van der Waals surface area contributed by atoms with Crippen molar-refractivity contribution in [1.82, 2.24) is 10.2 Å². The predicted octanol–water partition coefficient (Wildman–Crippen LogP) is 3.06. The third-order valence-corrected chi connectivity index (χ3v) is 4.70. The second-order valence-electron chi connectivity index (χ2n) is 6.74. The van der Waals surface area contributed by atoms with E-state index in [1.54, 1.807) is 21.3 Å². The van der Waals surface area contributed by atoms with Crippen LogP contribution in [0.4, 0.5) is 0 Å². The number of hydrogen-bond donors (Lipinski definition) is 1. The highest BCUT2D eigenvalue weighted by atomic mass is 16.5. The van der Waals surface area contributed by atoms with Crippen molar-refractivity contribution in [2.45, 2.75) is 18.9 Å². The summed E-state index contributed by atoms with van der Waals surface area (Å²) in [6.45, 7) is 0.522. The van der Waals surface area contributed by atoms with E-state index < -0.39 is 0 Å². The fourth-order valence-electron chi connectivity index (χ4n) is 3.07. The van der Waals surface area contributed by atoms with Crippen molar-refractivity contribution in [3.63, 3.8) is 0 Å². The highest BCUT2D eigenvalue weighted by molar-refractivity contribution is 5.76. The first-order valence-corrected chi connectivity index (χ1v) is 9.26. The normalized spacial score (nSPS) is 11.8. The van der Waals surface area contributed by atoms with E-state index in [0.717, 1.165) is 28.4 Å². The molecule has 2 rings (SSSR count). The number of methoxy groups -OCH3 is 3. The average molecular weight is 386 g/mol. The van der Waals surface area contributed by atoms with Gasteiger partial charge in [-0.25, -0.2) is 0 Å². The largest absolute Gasteiger partial charge is 0.497 e. The molecule has 0 heterocycles. The van der Waals surface area contributed by atoms with Crippen LogP contribution in [0.3, 0.4) is 0 Å². The van der Waals surface area contributed by atoms with Crippen molar-refractivity contribution in [3.8, 4) is 17.2 Å². The number of amides is 1. The number of nitrogens with one attached hydrogen (secondary N) is 1. The molecule has 1 atom stereocenters. The van der Waals surface area contributed by atoms with Gasteiger partial charge >= 0.3 is 0 Å². The molecular formula is C22H30N2O4. The minimum Gasteiger partial charge on any atom is -0.497 e. The van der Waals surface area contributed by atoms with E-state index in [1.807, 2.05) is 56.6 Å². The van der Waals surface area contributed by atoms with Gasteiger partial charge in [-0.05, 0) is 62.0 Å². The maximum Gasteiger partial charge on any atom is 0.220 e. The molecular weight excluding hydrogens is 356 g/mol. The molecule has 0 spiro atoms. The monoisotopic (exact) mass is 386 g/mol.